The van der Waals surface area contributed by atoms with Gasteiger partial charge in [-0.3, -0.25) is 9.69 Å². The van der Waals surface area contributed by atoms with Crippen LogP contribution in [0.15, 0.2) is 0 Å². The highest BCUT2D eigenvalue weighted by atomic mass is 16.4. The lowest BCUT2D eigenvalue weighted by atomic mass is 10.3. The molecule has 0 amide bonds. The number of hydrogen-bond acceptors (Lipinski definition) is 4. The molecule has 0 aromatic heterocycles. The summed E-state index contributed by atoms with van der Waals surface area (Å²) in [5, 5.41) is 17.0. The Morgan fingerprint density at radius 1 is 1.38 bits per heavy atom. The fraction of sp³-hybridized carbons (Fsp3) is 0.750. The lowest BCUT2D eigenvalue weighted by Crippen LogP contribution is -2.44. The predicted molar refractivity (Wildman–Crippen MR) is 45.9 cm³/mol. The van der Waals surface area contributed by atoms with E-state index in [0.29, 0.717) is 6.54 Å². The molecule has 0 spiro atoms. The Morgan fingerprint density at radius 2 is 2.00 bits per heavy atom. The van der Waals surface area contributed by atoms with E-state index in [1.54, 1.807) is 4.90 Å². The molecule has 1 rings (SSSR count). The smallest absolute Gasteiger partial charge is 0.304 e. The number of nitrogens with zero attached hydrogens (tertiary/aromatic N) is 3. The normalized spacial score (nSPS) is 18.2. The number of aliphatic carboxylic acids is 1. The fourth-order valence-corrected chi connectivity index (χ4v) is 1.33. The molecule has 0 aliphatic carbocycles. The van der Waals surface area contributed by atoms with E-state index in [-0.39, 0.29) is 6.42 Å². The van der Waals surface area contributed by atoms with Crippen LogP contribution < -0.4 is 0 Å². The summed E-state index contributed by atoms with van der Waals surface area (Å²) >= 11 is 0. The van der Waals surface area contributed by atoms with E-state index < -0.39 is 5.97 Å². The second-order valence-corrected chi connectivity index (χ2v) is 3.07. The SMILES string of the molecule is N#CN1CCN(CCC(=O)O)CC1. The molecule has 0 aromatic rings. The number of carbonyl (C=O) groups is 1. The average Bonchev–Trinajstić information content (AvgIpc) is 2.15. The van der Waals surface area contributed by atoms with Crippen LogP contribution in [0, 0.1) is 11.5 Å². The monoisotopic (exact) mass is 183 g/mol. The third-order valence-electron chi connectivity index (χ3n) is 2.16. The molecule has 1 N–H and O–H groups in total. The minimum Gasteiger partial charge on any atom is -0.481 e. The van der Waals surface area contributed by atoms with Crippen LogP contribution in [0.1, 0.15) is 6.42 Å². The summed E-state index contributed by atoms with van der Waals surface area (Å²) in [6, 6.07) is 0. The summed E-state index contributed by atoms with van der Waals surface area (Å²) in [7, 11) is 0. The lowest BCUT2D eigenvalue weighted by Gasteiger charge is -2.30. The van der Waals surface area contributed by atoms with Crippen molar-refractivity contribution in [2.75, 3.05) is 32.7 Å². The summed E-state index contributed by atoms with van der Waals surface area (Å²) in [5.74, 6) is -0.761. The van der Waals surface area contributed by atoms with Crippen LogP contribution in [-0.2, 0) is 4.79 Å². The number of rotatable bonds is 3. The maximum Gasteiger partial charge on any atom is 0.304 e. The summed E-state index contributed by atoms with van der Waals surface area (Å²) in [5.41, 5.74) is 0. The van der Waals surface area contributed by atoms with Gasteiger partial charge in [0.1, 0.15) is 0 Å². The van der Waals surface area contributed by atoms with Crippen LogP contribution in [0.5, 0.6) is 0 Å². The van der Waals surface area contributed by atoms with Gasteiger partial charge in [0.2, 0.25) is 0 Å². The van der Waals surface area contributed by atoms with Gasteiger partial charge >= 0.3 is 5.97 Å². The van der Waals surface area contributed by atoms with E-state index in [1.165, 1.54) is 0 Å². The molecule has 13 heavy (non-hydrogen) atoms. The van der Waals surface area contributed by atoms with Crippen LogP contribution in [-0.4, -0.2) is 53.6 Å². The first kappa shape index (κ1) is 9.81. The standard InChI is InChI=1S/C8H13N3O2/c9-7-11-5-3-10(4-6-11)2-1-8(12)13/h1-6H2,(H,12,13). The molecule has 1 fully saturated rings. The third kappa shape index (κ3) is 3.30. The van der Waals surface area contributed by atoms with Gasteiger partial charge in [-0.15, -0.1) is 0 Å². The molecule has 1 aliphatic heterocycles. The van der Waals surface area contributed by atoms with E-state index >= 15 is 0 Å². The zero-order valence-corrected chi connectivity index (χ0v) is 7.44. The maximum atomic E-state index is 10.3. The minimum absolute atomic E-state index is 0.187. The first-order valence-electron chi connectivity index (χ1n) is 4.31. The van der Waals surface area contributed by atoms with Gasteiger partial charge in [-0.25, -0.2) is 0 Å². The zero-order chi connectivity index (χ0) is 9.68. The summed E-state index contributed by atoms with van der Waals surface area (Å²) in [6.45, 7) is 3.61. The molecule has 0 atom stereocenters. The van der Waals surface area contributed by atoms with Crippen LogP contribution in [0.3, 0.4) is 0 Å². The number of carboxylic acids is 1. The second-order valence-electron chi connectivity index (χ2n) is 3.07. The van der Waals surface area contributed by atoms with Gasteiger partial charge in [0.05, 0.1) is 6.42 Å². The van der Waals surface area contributed by atoms with E-state index in [0.717, 1.165) is 26.2 Å². The fourth-order valence-electron chi connectivity index (χ4n) is 1.33. The molecule has 1 saturated heterocycles. The number of hydrogen-bond donors (Lipinski definition) is 1. The Morgan fingerprint density at radius 3 is 2.46 bits per heavy atom. The maximum absolute atomic E-state index is 10.3. The number of carboxylic acid groups (broad SMARTS) is 1. The van der Waals surface area contributed by atoms with E-state index in [9.17, 15) is 4.79 Å². The van der Waals surface area contributed by atoms with Gasteiger partial charge in [0, 0.05) is 32.7 Å². The van der Waals surface area contributed by atoms with Crippen molar-refractivity contribution in [3.05, 3.63) is 0 Å². The molecule has 0 aromatic carbocycles. The van der Waals surface area contributed by atoms with Crippen molar-refractivity contribution in [2.45, 2.75) is 6.42 Å². The number of piperazine rings is 1. The Bertz CT molecular complexity index is 216. The van der Waals surface area contributed by atoms with Crippen molar-refractivity contribution >= 4 is 5.97 Å². The van der Waals surface area contributed by atoms with Gasteiger partial charge < -0.3 is 10.0 Å². The van der Waals surface area contributed by atoms with Gasteiger partial charge in [-0.1, -0.05) is 0 Å². The lowest BCUT2D eigenvalue weighted by molar-refractivity contribution is -0.137. The van der Waals surface area contributed by atoms with Gasteiger partial charge in [0.15, 0.2) is 6.19 Å². The topological polar surface area (TPSA) is 67.6 Å². The summed E-state index contributed by atoms with van der Waals surface area (Å²) in [6.07, 6.45) is 2.27. The van der Waals surface area contributed by atoms with Crippen molar-refractivity contribution < 1.29 is 9.90 Å². The highest BCUT2D eigenvalue weighted by Crippen LogP contribution is 2.00. The zero-order valence-electron chi connectivity index (χ0n) is 7.44. The summed E-state index contributed by atoms with van der Waals surface area (Å²) in [4.78, 5) is 14.0. The highest BCUT2D eigenvalue weighted by Gasteiger charge is 2.15. The van der Waals surface area contributed by atoms with Gasteiger partial charge in [-0.05, 0) is 0 Å². The molecule has 72 valence electrons. The Labute approximate surface area is 77.2 Å². The molecular formula is C8H13N3O2. The van der Waals surface area contributed by atoms with Crippen LogP contribution in [0.25, 0.3) is 0 Å². The first-order chi connectivity index (χ1) is 6.22. The molecule has 0 bridgehead atoms. The molecule has 0 radical (unpaired) electrons. The van der Waals surface area contributed by atoms with Crippen molar-refractivity contribution in [3.8, 4) is 6.19 Å². The van der Waals surface area contributed by atoms with E-state index in [1.807, 2.05) is 0 Å². The molecule has 0 saturated carbocycles. The van der Waals surface area contributed by atoms with Crippen molar-refractivity contribution in [2.24, 2.45) is 0 Å². The number of nitriles is 1. The van der Waals surface area contributed by atoms with Crippen molar-refractivity contribution in [1.29, 1.82) is 5.26 Å². The van der Waals surface area contributed by atoms with Gasteiger partial charge in [0.25, 0.3) is 0 Å². The molecule has 1 heterocycles. The van der Waals surface area contributed by atoms with Crippen molar-refractivity contribution in [1.82, 2.24) is 9.80 Å². The molecule has 5 heteroatoms. The largest absolute Gasteiger partial charge is 0.481 e. The highest BCUT2D eigenvalue weighted by molar-refractivity contribution is 5.66. The minimum atomic E-state index is -0.761. The Kier molecular flexibility index (Phi) is 3.53. The van der Waals surface area contributed by atoms with E-state index in [2.05, 4.69) is 11.1 Å². The quantitative estimate of drug-likeness (QED) is 0.601. The second kappa shape index (κ2) is 4.67. The van der Waals surface area contributed by atoms with Crippen LogP contribution >= 0.6 is 0 Å². The van der Waals surface area contributed by atoms with Crippen molar-refractivity contribution in [3.63, 3.8) is 0 Å². The Hall–Kier alpha value is -1.28. The van der Waals surface area contributed by atoms with Crippen LogP contribution in [0.2, 0.25) is 0 Å². The first-order valence-corrected chi connectivity index (χ1v) is 4.31. The molecule has 1 aliphatic rings. The van der Waals surface area contributed by atoms with Gasteiger partial charge in [-0.2, -0.15) is 5.26 Å². The molecular weight excluding hydrogens is 170 g/mol. The van der Waals surface area contributed by atoms with Crippen LogP contribution in [0.4, 0.5) is 0 Å². The molecule has 5 nitrogen and oxygen atoms in total. The summed E-state index contributed by atoms with van der Waals surface area (Å²) < 4.78 is 0. The molecule has 0 unspecified atom stereocenters. The predicted octanol–water partition coefficient (Wildman–Crippen LogP) is -0.440. The average molecular weight is 183 g/mol. The Balaban J connectivity index is 2.18. The van der Waals surface area contributed by atoms with E-state index in [4.69, 9.17) is 10.4 Å². The third-order valence-corrected chi connectivity index (χ3v) is 2.16.